The van der Waals surface area contributed by atoms with Gasteiger partial charge in [-0.15, -0.1) is 0 Å². The summed E-state index contributed by atoms with van der Waals surface area (Å²) in [6, 6.07) is 6.98. The van der Waals surface area contributed by atoms with Crippen molar-refractivity contribution in [2.75, 3.05) is 18.5 Å². The quantitative estimate of drug-likeness (QED) is 0.854. The maximum Gasteiger partial charge on any atom is 0.325 e. The van der Waals surface area contributed by atoms with Crippen molar-refractivity contribution < 1.29 is 24.2 Å². The zero-order valence-electron chi connectivity index (χ0n) is 14.0. The molecule has 1 aliphatic heterocycles. The molecule has 2 aromatic rings. The molecule has 8 nitrogen and oxygen atoms in total. The van der Waals surface area contributed by atoms with E-state index in [2.05, 4.69) is 10.4 Å². The number of rotatable bonds is 5. The number of carbonyl (C=O) groups is 2. The van der Waals surface area contributed by atoms with Crippen LogP contribution in [0.15, 0.2) is 30.5 Å². The molecule has 1 aliphatic rings. The van der Waals surface area contributed by atoms with E-state index in [4.69, 9.17) is 14.6 Å². The average molecular weight is 345 g/mol. The molecule has 25 heavy (non-hydrogen) atoms. The van der Waals surface area contributed by atoms with Gasteiger partial charge in [-0.2, -0.15) is 5.10 Å². The van der Waals surface area contributed by atoms with Crippen LogP contribution in [0.2, 0.25) is 0 Å². The van der Waals surface area contributed by atoms with E-state index in [0.29, 0.717) is 30.5 Å². The molecule has 8 heteroatoms. The third-order valence-electron chi connectivity index (χ3n) is 4.01. The number of amides is 1. The van der Waals surface area contributed by atoms with Crippen LogP contribution in [0, 0.1) is 0 Å². The second-order valence-corrected chi connectivity index (χ2v) is 6.23. The van der Waals surface area contributed by atoms with Gasteiger partial charge in [0, 0.05) is 12.3 Å². The summed E-state index contributed by atoms with van der Waals surface area (Å²) < 4.78 is 12.3. The van der Waals surface area contributed by atoms with Gasteiger partial charge in [-0.05, 0) is 31.5 Å². The van der Waals surface area contributed by atoms with Crippen molar-refractivity contribution in [3.63, 3.8) is 0 Å². The summed E-state index contributed by atoms with van der Waals surface area (Å²) in [5, 5.41) is 15.5. The Morgan fingerprint density at radius 2 is 1.96 bits per heavy atom. The van der Waals surface area contributed by atoms with Gasteiger partial charge in [0.25, 0.3) is 0 Å². The maximum atomic E-state index is 12.7. The van der Waals surface area contributed by atoms with Crippen LogP contribution in [0.25, 0.3) is 0 Å². The molecular weight excluding hydrogens is 326 g/mol. The van der Waals surface area contributed by atoms with Gasteiger partial charge in [0.15, 0.2) is 17.3 Å². The van der Waals surface area contributed by atoms with E-state index in [0.717, 1.165) is 5.56 Å². The summed E-state index contributed by atoms with van der Waals surface area (Å²) in [5.74, 6) is 0.327. The van der Waals surface area contributed by atoms with E-state index < -0.39 is 11.4 Å². The van der Waals surface area contributed by atoms with Crippen LogP contribution in [0.1, 0.15) is 19.4 Å². The Bertz CT molecular complexity index is 812. The Labute approximate surface area is 144 Å². The molecule has 1 aromatic carbocycles. The van der Waals surface area contributed by atoms with Crippen LogP contribution >= 0.6 is 0 Å². The highest BCUT2D eigenvalue weighted by atomic mass is 16.6. The topological polar surface area (TPSA) is 103 Å². The number of anilines is 1. The van der Waals surface area contributed by atoms with E-state index in [9.17, 15) is 9.59 Å². The summed E-state index contributed by atoms with van der Waals surface area (Å²) >= 11 is 0. The van der Waals surface area contributed by atoms with Crippen molar-refractivity contribution in [3.8, 4) is 11.5 Å². The van der Waals surface area contributed by atoms with Gasteiger partial charge in [-0.1, -0.05) is 6.07 Å². The Morgan fingerprint density at radius 3 is 2.68 bits per heavy atom. The lowest BCUT2D eigenvalue weighted by molar-refractivity contribution is -0.137. The molecule has 0 saturated carbocycles. The smallest absolute Gasteiger partial charge is 0.325 e. The number of carboxylic acids is 1. The summed E-state index contributed by atoms with van der Waals surface area (Å²) in [5.41, 5.74) is -0.0638. The highest BCUT2D eigenvalue weighted by Gasteiger charge is 2.31. The van der Waals surface area contributed by atoms with Crippen LogP contribution in [0.3, 0.4) is 0 Å². The van der Waals surface area contributed by atoms with Gasteiger partial charge in [0.2, 0.25) is 5.91 Å². The molecule has 0 unspecified atom stereocenters. The highest BCUT2D eigenvalue weighted by Crippen LogP contribution is 2.35. The minimum atomic E-state index is -1.00. The molecule has 1 amide bonds. The molecule has 1 aromatic heterocycles. The zero-order valence-corrected chi connectivity index (χ0v) is 14.0. The van der Waals surface area contributed by atoms with Gasteiger partial charge in [-0.3, -0.25) is 14.3 Å². The first-order valence-electron chi connectivity index (χ1n) is 7.83. The van der Waals surface area contributed by atoms with E-state index in [1.54, 1.807) is 32.0 Å². The first kappa shape index (κ1) is 16.8. The first-order valence-corrected chi connectivity index (χ1v) is 7.83. The van der Waals surface area contributed by atoms with Crippen molar-refractivity contribution in [2.24, 2.45) is 0 Å². The normalized spacial score (nSPS) is 13.4. The number of aromatic nitrogens is 2. The molecule has 0 radical (unpaired) electrons. The number of aliphatic carboxylic acids is 1. The second kappa shape index (κ2) is 6.46. The van der Waals surface area contributed by atoms with Crippen molar-refractivity contribution >= 4 is 17.7 Å². The summed E-state index contributed by atoms with van der Waals surface area (Å²) in [7, 11) is 0. The lowest BCUT2D eigenvalue weighted by Gasteiger charge is -2.26. The first-order chi connectivity index (χ1) is 11.9. The molecule has 3 rings (SSSR count). The third kappa shape index (κ3) is 3.57. The number of ether oxygens (including phenoxy) is 2. The number of hydrogen-bond donors (Lipinski definition) is 2. The number of hydrogen-bond acceptors (Lipinski definition) is 5. The molecule has 0 fully saturated rings. The van der Waals surface area contributed by atoms with Crippen molar-refractivity contribution in [1.29, 1.82) is 0 Å². The molecule has 0 atom stereocenters. The average Bonchev–Trinajstić information content (AvgIpc) is 3.00. The Morgan fingerprint density at radius 1 is 1.24 bits per heavy atom. The SMILES string of the molecule is CC(C)(C(=O)Nc1ccn(CC(=O)O)n1)c1ccc2c(c1)OCCO2. The molecule has 0 bridgehead atoms. The maximum absolute atomic E-state index is 12.7. The van der Waals surface area contributed by atoms with Gasteiger partial charge in [0.1, 0.15) is 19.8 Å². The predicted molar refractivity (Wildman–Crippen MR) is 89.0 cm³/mol. The molecule has 2 N–H and O–H groups in total. The molecule has 2 heterocycles. The lowest BCUT2D eigenvalue weighted by Crippen LogP contribution is -2.35. The van der Waals surface area contributed by atoms with E-state index in [-0.39, 0.29) is 12.5 Å². The van der Waals surface area contributed by atoms with Crippen molar-refractivity contribution in [3.05, 3.63) is 36.0 Å². The summed E-state index contributed by atoms with van der Waals surface area (Å²) in [6.45, 7) is 4.31. The number of nitrogens with zero attached hydrogens (tertiary/aromatic N) is 2. The fraction of sp³-hybridized carbons (Fsp3) is 0.353. The highest BCUT2D eigenvalue weighted by molar-refractivity contribution is 5.98. The van der Waals surface area contributed by atoms with Gasteiger partial charge in [-0.25, -0.2) is 0 Å². The van der Waals surface area contributed by atoms with Crippen LogP contribution in [0.5, 0.6) is 11.5 Å². The molecule has 0 spiro atoms. The van der Waals surface area contributed by atoms with Crippen LogP contribution in [-0.2, 0) is 21.5 Å². The van der Waals surface area contributed by atoms with Crippen LogP contribution in [0.4, 0.5) is 5.82 Å². The second-order valence-electron chi connectivity index (χ2n) is 6.23. The molecular formula is C17H19N3O5. The number of nitrogens with one attached hydrogen (secondary N) is 1. The minimum Gasteiger partial charge on any atom is -0.486 e. The van der Waals surface area contributed by atoms with Crippen LogP contribution in [-0.4, -0.2) is 40.0 Å². The van der Waals surface area contributed by atoms with Gasteiger partial charge < -0.3 is 19.9 Å². The van der Waals surface area contributed by atoms with E-state index in [1.807, 2.05) is 6.07 Å². The number of carboxylic acid groups (broad SMARTS) is 1. The standard InChI is InChI=1S/C17H19N3O5/c1-17(2,11-3-4-12-13(9-11)25-8-7-24-12)16(23)18-14-5-6-20(19-14)10-15(21)22/h3-6,9H,7-8,10H2,1-2H3,(H,21,22)(H,18,19,23). The molecule has 0 aliphatic carbocycles. The molecule has 132 valence electrons. The fourth-order valence-electron chi connectivity index (χ4n) is 2.49. The fourth-order valence-corrected chi connectivity index (χ4v) is 2.49. The lowest BCUT2D eigenvalue weighted by atomic mass is 9.83. The summed E-state index contributed by atoms with van der Waals surface area (Å²) in [4.78, 5) is 23.4. The van der Waals surface area contributed by atoms with E-state index in [1.165, 1.54) is 10.9 Å². The predicted octanol–water partition coefficient (Wildman–Crippen LogP) is 1.66. The number of carbonyl (C=O) groups excluding carboxylic acids is 1. The third-order valence-corrected chi connectivity index (χ3v) is 4.01. The number of benzene rings is 1. The van der Waals surface area contributed by atoms with Crippen LogP contribution < -0.4 is 14.8 Å². The monoisotopic (exact) mass is 345 g/mol. The summed E-state index contributed by atoms with van der Waals surface area (Å²) in [6.07, 6.45) is 1.50. The minimum absolute atomic E-state index is 0.259. The van der Waals surface area contributed by atoms with Gasteiger partial charge in [0.05, 0.1) is 5.41 Å². The van der Waals surface area contributed by atoms with Crippen molar-refractivity contribution in [1.82, 2.24) is 9.78 Å². The van der Waals surface area contributed by atoms with Crippen molar-refractivity contribution in [2.45, 2.75) is 25.8 Å². The number of fused-ring (bicyclic) bond motifs is 1. The molecule has 0 saturated heterocycles. The zero-order chi connectivity index (χ0) is 18.0. The largest absolute Gasteiger partial charge is 0.486 e. The van der Waals surface area contributed by atoms with Gasteiger partial charge >= 0.3 is 5.97 Å². The Kier molecular flexibility index (Phi) is 4.35. The Hall–Kier alpha value is -3.03. The Balaban J connectivity index is 1.76. The van der Waals surface area contributed by atoms with E-state index >= 15 is 0 Å².